The summed E-state index contributed by atoms with van der Waals surface area (Å²) in [6, 6.07) is 2.97. The van der Waals surface area contributed by atoms with E-state index < -0.39 is 27.1 Å². The first kappa shape index (κ1) is 19.4. The van der Waals surface area contributed by atoms with Crippen LogP contribution in [0.25, 0.3) is 0 Å². The predicted octanol–water partition coefficient (Wildman–Crippen LogP) is 1.77. The molecule has 4 N–H and O–H groups in total. The second-order valence-corrected chi connectivity index (χ2v) is 5.93. The molecule has 0 fully saturated rings. The van der Waals surface area contributed by atoms with Gasteiger partial charge in [0.25, 0.3) is 0 Å². The maximum atomic E-state index is 12.4. The minimum atomic E-state index is -5.95. The number of carbonyl (C=O) groups is 1. The van der Waals surface area contributed by atoms with Gasteiger partial charge in [-0.25, -0.2) is 0 Å². The van der Waals surface area contributed by atoms with Crippen molar-refractivity contribution in [2.75, 3.05) is 0 Å². The van der Waals surface area contributed by atoms with Crippen molar-refractivity contribution in [3.63, 3.8) is 0 Å². The summed E-state index contributed by atoms with van der Waals surface area (Å²) >= 11 is 0. The van der Waals surface area contributed by atoms with Crippen LogP contribution in [0.5, 0.6) is 11.5 Å². The summed E-state index contributed by atoms with van der Waals surface area (Å²) in [5.74, 6) is -1.58. The zero-order valence-electron chi connectivity index (χ0n) is 12.2. The van der Waals surface area contributed by atoms with Crippen LogP contribution in [0.1, 0.15) is 17.3 Å². The Balaban J connectivity index is 3.25. The van der Waals surface area contributed by atoms with Crippen molar-refractivity contribution in [2.45, 2.75) is 12.4 Å². The number of rotatable bonds is 6. The van der Waals surface area contributed by atoms with Crippen LogP contribution < -0.4 is 20.4 Å². The van der Waals surface area contributed by atoms with Gasteiger partial charge in [-0.15, -0.1) is 0 Å². The number of nitrogens with two attached hydrogens (primary N) is 2. The lowest BCUT2D eigenvalue weighted by molar-refractivity contribution is -0.0500. The van der Waals surface area contributed by atoms with E-state index in [4.69, 9.17) is 16.2 Å². The Morgan fingerprint density at radius 2 is 1.79 bits per heavy atom. The largest absolute Gasteiger partial charge is 0.534 e. The highest BCUT2D eigenvalue weighted by Crippen LogP contribution is 2.34. The molecule has 0 unspecified atom stereocenters. The number of alkyl halides is 3. The Bertz CT molecular complexity index is 781. The van der Waals surface area contributed by atoms with Gasteiger partial charge >= 0.3 is 15.6 Å². The smallest absolute Gasteiger partial charge is 0.438 e. The molecule has 0 radical (unpaired) electrons. The van der Waals surface area contributed by atoms with Crippen LogP contribution in [0.4, 0.5) is 13.2 Å². The Morgan fingerprint density at radius 1 is 1.17 bits per heavy atom. The van der Waals surface area contributed by atoms with Crippen LogP contribution in [0.2, 0.25) is 0 Å². The van der Waals surface area contributed by atoms with Crippen molar-refractivity contribution >= 4 is 16.4 Å². The van der Waals surface area contributed by atoms with Gasteiger partial charge < -0.3 is 20.4 Å². The fraction of sp³-hybridized carbons (Fsp3) is 0.154. The number of carbonyl (C=O) groups excluding carboxylic acids is 1. The van der Waals surface area contributed by atoms with E-state index in [0.29, 0.717) is 5.70 Å². The number of hydrogen-bond donors (Lipinski definition) is 2. The molecule has 0 saturated heterocycles. The highest BCUT2D eigenvalue weighted by molar-refractivity contribution is 7.88. The van der Waals surface area contributed by atoms with Crippen molar-refractivity contribution in [2.24, 2.45) is 11.5 Å². The maximum Gasteiger partial charge on any atom is 0.534 e. The fourth-order valence-corrected chi connectivity index (χ4v) is 1.75. The molecular weight excluding hydrogens is 353 g/mol. The third kappa shape index (κ3) is 5.19. The normalized spacial score (nSPS) is 13.5. The maximum absolute atomic E-state index is 12.4. The van der Waals surface area contributed by atoms with Crippen LogP contribution in [0.15, 0.2) is 41.9 Å². The van der Waals surface area contributed by atoms with E-state index in [1.165, 1.54) is 18.2 Å². The Hall–Kier alpha value is -2.69. The van der Waals surface area contributed by atoms with E-state index >= 15 is 0 Å². The van der Waals surface area contributed by atoms with Crippen molar-refractivity contribution in [3.05, 3.63) is 47.5 Å². The number of hydrogen-bond acceptors (Lipinski definition) is 7. The number of allylic oxidation sites excluding steroid dienone is 3. The highest BCUT2D eigenvalue weighted by atomic mass is 32.2. The van der Waals surface area contributed by atoms with Gasteiger partial charge in [0.15, 0.2) is 17.4 Å². The van der Waals surface area contributed by atoms with Gasteiger partial charge in [-0.3, -0.25) is 4.79 Å². The van der Waals surface area contributed by atoms with Crippen LogP contribution in [-0.2, 0) is 10.1 Å². The molecule has 0 atom stereocenters. The molecule has 0 heterocycles. The lowest BCUT2D eigenvalue weighted by Gasteiger charge is -2.13. The number of ether oxygens (including phenoxy) is 1. The molecule has 1 rings (SSSR count). The highest BCUT2D eigenvalue weighted by Gasteiger charge is 2.49. The van der Waals surface area contributed by atoms with Gasteiger partial charge in [-0.05, 0) is 37.3 Å². The number of aldehydes is 1. The minimum absolute atomic E-state index is 0.130. The summed E-state index contributed by atoms with van der Waals surface area (Å²) in [5, 5.41) is 0. The van der Waals surface area contributed by atoms with Crippen molar-refractivity contribution in [1.82, 2.24) is 0 Å². The van der Waals surface area contributed by atoms with E-state index in [1.54, 1.807) is 6.92 Å². The van der Waals surface area contributed by atoms with Crippen LogP contribution in [0.3, 0.4) is 0 Å². The Labute approximate surface area is 135 Å². The summed E-state index contributed by atoms with van der Waals surface area (Å²) in [5.41, 5.74) is 5.44. The molecule has 0 aliphatic heterocycles. The first-order valence-electron chi connectivity index (χ1n) is 6.13. The summed E-state index contributed by atoms with van der Waals surface area (Å²) in [7, 11) is -5.95. The van der Waals surface area contributed by atoms with Gasteiger partial charge in [-0.1, -0.05) is 0 Å². The van der Waals surface area contributed by atoms with Gasteiger partial charge in [0.05, 0.1) is 0 Å². The molecule has 0 aliphatic carbocycles. The van der Waals surface area contributed by atoms with E-state index in [0.717, 1.165) is 12.1 Å². The van der Waals surface area contributed by atoms with Crippen molar-refractivity contribution in [1.29, 1.82) is 0 Å². The molecule has 0 bridgehead atoms. The van der Waals surface area contributed by atoms with E-state index in [1.807, 2.05) is 0 Å². The third-order valence-corrected chi connectivity index (χ3v) is 3.29. The zero-order valence-corrected chi connectivity index (χ0v) is 13.0. The van der Waals surface area contributed by atoms with Crippen LogP contribution in [0, 0.1) is 0 Å². The molecule has 132 valence electrons. The first-order chi connectivity index (χ1) is 11.0. The molecule has 7 nitrogen and oxygen atoms in total. The standard InChI is InChI=1S/C13H13F3N2O5S/c1-8(17)2-5-12(18)22-10-4-3-9(7-19)6-11(10)23-24(20,21)13(14,15)16/h2-7H,17-18H2,1H3/b8-2-,12-5+. The number of benzene rings is 1. The van der Waals surface area contributed by atoms with Crippen molar-refractivity contribution in [3.8, 4) is 11.5 Å². The quantitative estimate of drug-likeness (QED) is 0.259. The molecule has 11 heteroatoms. The average Bonchev–Trinajstić information content (AvgIpc) is 2.45. The van der Waals surface area contributed by atoms with Crippen LogP contribution >= 0.6 is 0 Å². The SMILES string of the molecule is C/C(N)=C/C=C(\N)Oc1ccc(C=O)cc1OS(=O)(=O)C(F)(F)F. The molecule has 0 aromatic heterocycles. The molecule has 0 saturated carbocycles. The molecule has 0 aliphatic rings. The molecular formula is C13H13F3N2O5S. The van der Waals surface area contributed by atoms with E-state index in [-0.39, 0.29) is 17.7 Å². The molecule has 1 aromatic carbocycles. The van der Waals surface area contributed by atoms with Gasteiger partial charge in [0.1, 0.15) is 6.29 Å². The molecule has 1 aromatic rings. The summed E-state index contributed by atoms with van der Waals surface area (Å²) in [6.45, 7) is 1.55. The molecule has 0 spiro atoms. The van der Waals surface area contributed by atoms with Crippen molar-refractivity contribution < 1.29 is 35.3 Å². The lowest BCUT2D eigenvalue weighted by atomic mass is 10.2. The predicted molar refractivity (Wildman–Crippen MR) is 78.3 cm³/mol. The minimum Gasteiger partial charge on any atom is -0.438 e. The summed E-state index contributed by atoms with van der Waals surface area (Å²) in [6.07, 6.45) is 2.84. The Kier molecular flexibility index (Phi) is 5.85. The summed E-state index contributed by atoms with van der Waals surface area (Å²) in [4.78, 5) is 10.7. The zero-order chi connectivity index (χ0) is 18.5. The summed E-state index contributed by atoms with van der Waals surface area (Å²) < 4.78 is 68.5. The fourth-order valence-electron chi connectivity index (χ4n) is 1.29. The van der Waals surface area contributed by atoms with E-state index in [9.17, 15) is 26.4 Å². The van der Waals surface area contributed by atoms with Gasteiger partial charge in [0, 0.05) is 11.3 Å². The topological polar surface area (TPSA) is 122 Å². The lowest BCUT2D eigenvalue weighted by Crippen LogP contribution is -2.28. The second kappa shape index (κ2) is 7.25. The van der Waals surface area contributed by atoms with Crippen LogP contribution in [-0.4, -0.2) is 20.2 Å². The van der Waals surface area contributed by atoms with E-state index in [2.05, 4.69) is 4.18 Å². The van der Waals surface area contributed by atoms with Gasteiger partial charge in [-0.2, -0.15) is 21.6 Å². The monoisotopic (exact) mass is 366 g/mol. The molecule has 0 amide bonds. The third-order valence-electron chi connectivity index (χ3n) is 2.33. The Morgan fingerprint density at radius 3 is 2.29 bits per heavy atom. The number of halogens is 3. The average molecular weight is 366 g/mol. The van der Waals surface area contributed by atoms with Gasteiger partial charge in [0.2, 0.25) is 0 Å². The first-order valence-corrected chi connectivity index (χ1v) is 7.54. The molecule has 24 heavy (non-hydrogen) atoms. The second-order valence-electron chi connectivity index (χ2n) is 4.39.